The molecule has 3 nitrogen and oxygen atoms in total. The fourth-order valence-electron chi connectivity index (χ4n) is 1.07. The molecule has 0 N–H and O–H groups in total. The lowest BCUT2D eigenvalue weighted by Gasteiger charge is -2.13. The number of hydrogen-bond donors (Lipinski definition) is 0. The van der Waals surface area contributed by atoms with Gasteiger partial charge in [-0.25, -0.2) is 0 Å². The monoisotopic (exact) mass is 332 g/mol. The average molecular weight is 332 g/mol. The van der Waals surface area contributed by atoms with Crippen LogP contribution in [-0.2, 0) is 4.74 Å². The van der Waals surface area contributed by atoms with Crippen LogP contribution in [0.25, 0.3) is 0 Å². The molecule has 0 saturated carbocycles. The minimum absolute atomic E-state index is 0.314. The summed E-state index contributed by atoms with van der Waals surface area (Å²) in [5.74, 6) is 4.35. The Morgan fingerprint density at radius 2 is 1.88 bits per heavy atom. The molecule has 0 bridgehead atoms. The largest absolute Gasteiger partial charge is 0.497 e. The van der Waals surface area contributed by atoms with E-state index in [9.17, 15) is 0 Å². The Bertz CT molecular complexity index is 364. The Balaban J connectivity index is 2.42. The number of benzene rings is 1. The average Bonchev–Trinajstić information content (AvgIpc) is 2.30. The third-order valence-corrected chi connectivity index (χ3v) is 2.20. The number of methoxy groups -OCH3 is 1. The topological polar surface area (TPSA) is 27.7 Å². The maximum absolute atomic E-state index is 5.51. The van der Waals surface area contributed by atoms with E-state index in [4.69, 9.17) is 14.2 Å². The summed E-state index contributed by atoms with van der Waals surface area (Å²) >= 11 is 1.97. The van der Waals surface area contributed by atoms with Gasteiger partial charge in [0.2, 0.25) is 0 Å². The van der Waals surface area contributed by atoms with E-state index in [2.05, 4.69) is 9.85 Å². The summed E-state index contributed by atoms with van der Waals surface area (Å²) in [4.78, 5) is 0. The van der Waals surface area contributed by atoms with E-state index >= 15 is 0 Å². The van der Waals surface area contributed by atoms with Gasteiger partial charge in [-0.1, -0.05) is 5.92 Å². The van der Waals surface area contributed by atoms with E-state index in [0.717, 1.165) is 11.5 Å². The lowest BCUT2D eigenvalue weighted by Crippen LogP contribution is -2.16. The van der Waals surface area contributed by atoms with Gasteiger partial charge in [0.25, 0.3) is 0 Å². The molecule has 16 heavy (non-hydrogen) atoms. The highest BCUT2D eigenvalue weighted by molar-refractivity contribution is 14.1. The Labute approximate surface area is 109 Å². The molecule has 0 fully saturated rings. The Morgan fingerprint density at radius 1 is 1.25 bits per heavy atom. The minimum Gasteiger partial charge on any atom is -0.497 e. The molecule has 0 spiro atoms. The van der Waals surface area contributed by atoms with E-state index in [1.54, 1.807) is 7.11 Å². The van der Waals surface area contributed by atoms with Gasteiger partial charge in [0.05, 0.1) is 7.11 Å². The lowest BCUT2D eigenvalue weighted by atomic mass is 10.3. The normalized spacial score (nSPS) is 11.2. The molecule has 0 amide bonds. The maximum atomic E-state index is 5.51. The van der Waals surface area contributed by atoms with Crippen LogP contribution in [0.1, 0.15) is 6.92 Å². The summed E-state index contributed by atoms with van der Waals surface area (Å²) in [5, 5.41) is 0. The van der Waals surface area contributed by atoms with Gasteiger partial charge in [-0.05, 0) is 35.1 Å². The summed E-state index contributed by atoms with van der Waals surface area (Å²) in [6.45, 7) is 2.21. The van der Waals surface area contributed by atoms with Gasteiger partial charge in [-0.2, -0.15) is 0 Å². The SMILES string of the molecule is COc1ccc(OC(C)OCC#CI)cc1. The molecule has 86 valence electrons. The molecular formula is C12H13IO3. The molecule has 0 heterocycles. The van der Waals surface area contributed by atoms with Crippen molar-refractivity contribution in [3.63, 3.8) is 0 Å². The molecule has 0 radical (unpaired) electrons. The van der Waals surface area contributed by atoms with Crippen molar-refractivity contribution in [2.45, 2.75) is 13.2 Å². The molecule has 4 heteroatoms. The molecule has 0 aliphatic carbocycles. The van der Waals surface area contributed by atoms with Crippen LogP contribution in [-0.4, -0.2) is 20.0 Å². The first-order valence-corrected chi connectivity index (χ1v) is 5.85. The van der Waals surface area contributed by atoms with Crippen LogP contribution in [0.4, 0.5) is 0 Å². The van der Waals surface area contributed by atoms with E-state index in [-0.39, 0.29) is 6.29 Å². The zero-order valence-corrected chi connectivity index (χ0v) is 11.4. The van der Waals surface area contributed by atoms with Gasteiger partial charge in [0.1, 0.15) is 18.1 Å². The fourth-order valence-corrected chi connectivity index (χ4v) is 1.22. The summed E-state index contributed by atoms with van der Waals surface area (Å²) in [5.41, 5.74) is 0. The highest BCUT2D eigenvalue weighted by Crippen LogP contribution is 2.18. The predicted molar refractivity (Wildman–Crippen MR) is 70.8 cm³/mol. The molecular weight excluding hydrogens is 319 g/mol. The van der Waals surface area contributed by atoms with Crippen LogP contribution in [0.15, 0.2) is 24.3 Å². The molecule has 1 unspecified atom stereocenters. The van der Waals surface area contributed by atoms with Gasteiger partial charge < -0.3 is 14.2 Å². The van der Waals surface area contributed by atoms with E-state index in [0.29, 0.717) is 6.61 Å². The van der Waals surface area contributed by atoms with Crippen molar-refractivity contribution in [2.24, 2.45) is 0 Å². The minimum atomic E-state index is -0.314. The van der Waals surface area contributed by atoms with Gasteiger partial charge in [-0.3, -0.25) is 0 Å². The first-order chi connectivity index (χ1) is 7.76. The van der Waals surface area contributed by atoms with Crippen molar-refractivity contribution in [1.82, 2.24) is 0 Å². The van der Waals surface area contributed by atoms with Crippen LogP contribution in [0, 0.1) is 9.85 Å². The number of hydrogen-bond acceptors (Lipinski definition) is 3. The highest BCUT2D eigenvalue weighted by Gasteiger charge is 2.02. The molecule has 0 saturated heterocycles. The third-order valence-electron chi connectivity index (χ3n) is 1.82. The number of ether oxygens (including phenoxy) is 3. The predicted octanol–water partition coefficient (Wildman–Crippen LogP) is 2.83. The summed E-state index contributed by atoms with van der Waals surface area (Å²) < 4.78 is 18.6. The van der Waals surface area contributed by atoms with Crippen LogP contribution < -0.4 is 9.47 Å². The van der Waals surface area contributed by atoms with Crippen molar-refractivity contribution in [3.05, 3.63) is 24.3 Å². The number of rotatable bonds is 5. The smallest absolute Gasteiger partial charge is 0.198 e. The van der Waals surface area contributed by atoms with E-state index in [1.165, 1.54) is 0 Å². The molecule has 1 aromatic rings. The van der Waals surface area contributed by atoms with E-state index < -0.39 is 0 Å². The second-order valence-electron chi connectivity index (χ2n) is 2.94. The molecule has 1 atom stereocenters. The number of halogens is 1. The summed E-state index contributed by atoms with van der Waals surface area (Å²) in [7, 11) is 1.63. The van der Waals surface area contributed by atoms with Crippen LogP contribution in [0.3, 0.4) is 0 Å². The fraction of sp³-hybridized carbons (Fsp3) is 0.333. The van der Waals surface area contributed by atoms with Gasteiger partial charge in [-0.15, -0.1) is 0 Å². The molecule has 1 rings (SSSR count). The van der Waals surface area contributed by atoms with Crippen LogP contribution >= 0.6 is 22.6 Å². The Hall–Kier alpha value is -0.930. The lowest BCUT2D eigenvalue weighted by molar-refractivity contribution is -0.0527. The molecule has 1 aromatic carbocycles. The van der Waals surface area contributed by atoms with Crippen LogP contribution in [0.5, 0.6) is 11.5 Å². The summed E-state index contributed by atoms with van der Waals surface area (Å²) in [6, 6.07) is 7.35. The zero-order chi connectivity index (χ0) is 11.8. The standard InChI is InChI=1S/C12H13IO3/c1-10(15-9-3-8-13)16-12-6-4-11(14-2)5-7-12/h4-7,10H,9H2,1-2H3. The van der Waals surface area contributed by atoms with Crippen molar-refractivity contribution in [1.29, 1.82) is 0 Å². The van der Waals surface area contributed by atoms with Gasteiger partial charge in [0, 0.05) is 22.6 Å². The Kier molecular flexibility index (Phi) is 6.04. The van der Waals surface area contributed by atoms with Crippen molar-refractivity contribution in [3.8, 4) is 21.3 Å². The molecule has 0 aliphatic rings. The van der Waals surface area contributed by atoms with Crippen LogP contribution in [0.2, 0.25) is 0 Å². The Morgan fingerprint density at radius 3 is 2.44 bits per heavy atom. The van der Waals surface area contributed by atoms with Crippen molar-refractivity contribution in [2.75, 3.05) is 13.7 Å². The van der Waals surface area contributed by atoms with Crippen molar-refractivity contribution < 1.29 is 14.2 Å². The second kappa shape index (κ2) is 7.36. The third kappa shape index (κ3) is 4.73. The molecule has 0 aromatic heterocycles. The van der Waals surface area contributed by atoms with Gasteiger partial charge in [0.15, 0.2) is 6.29 Å². The second-order valence-corrected chi connectivity index (χ2v) is 3.48. The molecule has 0 aliphatic heterocycles. The quantitative estimate of drug-likeness (QED) is 0.471. The first-order valence-electron chi connectivity index (χ1n) is 4.77. The van der Waals surface area contributed by atoms with Crippen molar-refractivity contribution >= 4 is 22.6 Å². The highest BCUT2D eigenvalue weighted by atomic mass is 127. The maximum Gasteiger partial charge on any atom is 0.198 e. The summed E-state index contributed by atoms with van der Waals surface area (Å²) in [6.07, 6.45) is -0.314. The van der Waals surface area contributed by atoms with E-state index in [1.807, 2.05) is 53.8 Å². The first kappa shape index (κ1) is 13.1. The zero-order valence-electron chi connectivity index (χ0n) is 9.20. The van der Waals surface area contributed by atoms with Gasteiger partial charge >= 0.3 is 0 Å².